The number of ether oxygens (including phenoxy) is 1. The zero-order chi connectivity index (χ0) is 102. The molecule has 147 heavy (non-hydrogen) atoms. The Morgan fingerprint density at radius 1 is 0.238 bits per heavy atom. The van der Waals surface area contributed by atoms with Gasteiger partial charge in [-0.05, 0) is 348 Å². The fourth-order valence-electron chi connectivity index (χ4n) is 15.7. The van der Waals surface area contributed by atoms with Gasteiger partial charge in [0.15, 0.2) is 73.4 Å². The van der Waals surface area contributed by atoms with E-state index in [0.29, 0.717) is 10.6 Å². The average Bonchev–Trinajstić information content (AvgIpc) is 0.807. The number of hydrogen-bond donors (Lipinski definition) is 1. The lowest BCUT2D eigenvalue weighted by molar-refractivity contribution is -0.387. The number of nitrogens with zero attached hydrogens (tertiary/aromatic N) is 1. The smallest absolute Gasteiger partial charge is 0.417 e. The maximum atomic E-state index is 13.4. The molecule has 0 aliphatic carbocycles. The molecule has 20 rings (SSSR count). The average molecular weight is 2110 g/mol. The van der Waals surface area contributed by atoms with Crippen LogP contribution in [0, 0.1) is 44.7 Å². The first kappa shape index (κ1) is 106. The van der Waals surface area contributed by atoms with Crippen LogP contribution in [-0.4, -0.2) is 10.0 Å². The van der Waals surface area contributed by atoms with E-state index in [1.807, 2.05) is 135 Å². The topological polar surface area (TPSA) is 72.6 Å². The summed E-state index contributed by atoms with van der Waals surface area (Å²) in [6.07, 6.45) is -8.68. The molecule has 20 heteroatoms. The minimum atomic E-state index is -4.37. The van der Waals surface area contributed by atoms with Crippen LogP contribution in [0.2, 0.25) is 0 Å². The van der Waals surface area contributed by atoms with Gasteiger partial charge in [-0.3, -0.25) is 10.1 Å². The number of phenols is 1. The predicted molar refractivity (Wildman–Crippen MR) is 598 cm³/mol. The SMILES string of the molecule is Cc1cc([S+](c2ccccc2)c2ccccc2)ccc1Oc1ccccc1.Cc1cc([S+](c2ccccc2)c2ccccc2)ccc1Sc1ccc(C(F)(F)F)cc1.Cc1cc([S+](c2ccccc2)c2ccccc2)ccc1Sc1ccc(O)cc1.Cc1cc([S+](c2ccccc2)c2ccccc2)ccc1Sc1ccccc1C(F)(F)F.Cc1cc([S+](c2ccccc2)c2ccccc2)ccc1Sc1ccccc1[N+](=O)[O-]. The first-order chi connectivity index (χ1) is 71.5. The van der Waals surface area contributed by atoms with Crippen molar-refractivity contribution in [3.8, 4) is 17.2 Å². The molecule has 730 valence electrons. The lowest BCUT2D eigenvalue weighted by Gasteiger charge is -2.14. The van der Waals surface area contributed by atoms with Crippen molar-refractivity contribution in [1.29, 1.82) is 0 Å². The Bertz CT molecular complexity index is 7430. The van der Waals surface area contributed by atoms with Gasteiger partial charge in [-0.25, -0.2) is 0 Å². The molecule has 5 nitrogen and oxygen atoms in total. The van der Waals surface area contributed by atoms with Crippen LogP contribution < -0.4 is 4.74 Å². The molecule has 0 spiro atoms. The quantitative estimate of drug-likeness (QED) is 0.0249. The summed E-state index contributed by atoms with van der Waals surface area (Å²) in [7, 11) is -0.984. The maximum Gasteiger partial charge on any atom is 0.417 e. The Kier molecular flexibility index (Phi) is 37.4. The molecular weight excluding hydrogens is 2010 g/mol. The largest absolute Gasteiger partial charge is 0.508 e. The zero-order valence-electron chi connectivity index (χ0n) is 80.7. The van der Waals surface area contributed by atoms with E-state index in [4.69, 9.17) is 4.74 Å². The summed E-state index contributed by atoms with van der Waals surface area (Å²) < 4.78 is 84.6. The molecule has 0 radical (unpaired) electrons. The molecule has 0 amide bonds. The molecule has 20 aromatic carbocycles. The van der Waals surface area contributed by atoms with Gasteiger partial charge in [0, 0.05) is 46.4 Å². The van der Waals surface area contributed by atoms with E-state index in [1.54, 1.807) is 48.2 Å². The standard InChI is InChI=1S/2C26H20F3S2.C25H20NO2S2.C25H20OS2.C25H21OS/c1-19-18-22(31(20-10-4-2-5-11-20)21-12-6-3-7-13-21)16-17-24(19)30-25-15-9-8-14-23(25)26(27,28)29;1-19-18-24(31(22-8-4-2-5-9-22)23-10-6-3-7-11-23)16-17-25(19)30-21-14-12-20(13-15-21)26(27,28)29;1-19-18-22(16-17-24(19)29-25-15-9-8-14-23(25)26(27)28)30(20-10-4-2-5-11-20)21-12-6-3-7-13-21;1-19-18-24(16-17-25(19)27-21-14-12-20(26)13-15-21)28(22-8-4-2-5-9-22)23-10-6-3-7-11-23;1-20-19-24(17-18-25(20)26-21-11-5-2-6-12-21)27(22-13-7-3-8-14-22)23-15-9-4-10-16-23/h2*2-18H,1H3;2-18H,1H3;2-18H,1H3;2-19H,1H3/q3*+1;;+1/p+1. The van der Waals surface area contributed by atoms with E-state index in [1.165, 1.54) is 127 Å². The third-order valence-electron chi connectivity index (χ3n) is 22.8. The van der Waals surface area contributed by atoms with Gasteiger partial charge in [-0.2, -0.15) is 26.3 Å². The van der Waals surface area contributed by atoms with E-state index >= 15 is 0 Å². The minimum Gasteiger partial charge on any atom is -0.508 e. The number of para-hydroxylation sites is 2. The van der Waals surface area contributed by atoms with Crippen molar-refractivity contribution < 1.29 is 41.1 Å². The Labute approximate surface area is 888 Å². The second-order valence-corrected chi connectivity index (χ2v) is 47.9. The van der Waals surface area contributed by atoms with Gasteiger partial charge in [0.05, 0.1) is 75.4 Å². The molecule has 1 N–H and O–H groups in total. The maximum absolute atomic E-state index is 13.4. The summed E-state index contributed by atoms with van der Waals surface area (Å²) in [5.74, 6) is 2.05. The van der Waals surface area contributed by atoms with Crippen LogP contribution in [0.15, 0.2) is 634 Å². The fraction of sp³-hybridized carbons (Fsp3) is 0.0551. The van der Waals surface area contributed by atoms with Crippen molar-refractivity contribution in [3.05, 3.63) is 571 Å². The van der Waals surface area contributed by atoms with E-state index < -0.39 is 23.5 Å². The van der Waals surface area contributed by atoms with Crippen LogP contribution in [-0.2, 0) is 66.8 Å². The lowest BCUT2D eigenvalue weighted by atomic mass is 10.2. The fourth-order valence-corrected chi connectivity index (χ4v) is 30.4. The van der Waals surface area contributed by atoms with Gasteiger partial charge in [-0.15, -0.1) is 0 Å². The molecule has 0 saturated carbocycles. The number of nitro groups is 1. The molecule has 0 unspecified atom stereocenters. The van der Waals surface area contributed by atoms with E-state index in [-0.39, 0.29) is 70.0 Å². The van der Waals surface area contributed by atoms with Crippen molar-refractivity contribution in [2.75, 3.05) is 0 Å². The number of nitro benzene ring substituents is 1. The minimum absolute atomic E-state index is 0.125. The van der Waals surface area contributed by atoms with Gasteiger partial charge in [0.25, 0.3) is 5.69 Å². The first-order valence-corrected chi connectivity index (χ1v) is 56.4. The zero-order valence-corrected chi connectivity index (χ0v) is 88.1. The third-order valence-corrected chi connectivity index (χ3v) is 38.8. The van der Waals surface area contributed by atoms with Crippen LogP contribution >= 0.6 is 47.0 Å². The van der Waals surface area contributed by atoms with Crippen LogP contribution in [0.5, 0.6) is 17.2 Å². The number of phenolic OH excluding ortho intramolecular Hbond substituents is 1. The number of benzene rings is 20. The molecule has 0 atom stereocenters. The number of aromatic hydroxyl groups is 1. The second kappa shape index (κ2) is 51.9. The number of hydrogen-bond acceptors (Lipinski definition) is 8. The normalized spacial score (nSPS) is 11.2. The van der Waals surface area contributed by atoms with Crippen molar-refractivity contribution in [2.24, 2.45) is 0 Å². The van der Waals surface area contributed by atoms with Crippen molar-refractivity contribution in [3.63, 3.8) is 0 Å². The molecule has 0 aliphatic heterocycles. The molecule has 0 saturated heterocycles. The summed E-state index contributed by atoms with van der Waals surface area (Å²) in [5, 5.41) is 20.8. The molecule has 0 fully saturated rings. The molecule has 0 aliphatic rings. The Balaban J connectivity index is 0.000000131. The van der Waals surface area contributed by atoms with E-state index in [0.717, 1.165) is 93.1 Å². The van der Waals surface area contributed by atoms with Gasteiger partial charge < -0.3 is 9.84 Å². The molecule has 0 aromatic heterocycles. The van der Waals surface area contributed by atoms with E-state index in [2.05, 4.69) is 342 Å². The van der Waals surface area contributed by atoms with Crippen molar-refractivity contribution in [1.82, 2.24) is 0 Å². The summed E-state index contributed by atoms with van der Waals surface area (Å²) in [5.41, 5.74) is 4.49. The van der Waals surface area contributed by atoms with Crippen LogP contribution in [0.25, 0.3) is 0 Å². The first-order valence-electron chi connectivity index (χ1n) is 47.1. The highest BCUT2D eigenvalue weighted by Gasteiger charge is 2.38. The highest BCUT2D eigenvalue weighted by molar-refractivity contribution is 8.01. The van der Waals surface area contributed by atoms with E-state index in [9.17, 15) is 41.6 Å². The number of rotatable bonds is 26. The molecular formula is C127H102F6NO4S9+5. The highest BCUT2D eigenvalue weighted by atomic mass is 32.2. The van der Waals surface area contributed by atoms with Crippen molar-refractivity contribution >= 4 is 107 Å². The molecule has 0 heterocycles. The van der Waals surface area contributed by atoms with Gasteiger partial charge >= 0.3 is 12.4 Å². The highest BCUT2D eigenvalue weighted by Crippen LogP contribution is 2.47. The number of halogens is 6. The second-order valence-electron chi connectivity index (χ2n) is 33.4. The summed E-state index contributed by atoms with van der Waals surface area (Å²) in [6, 6.07) is 173. The summed E-state index contributed by atoms with van der Waals surface area (Å²) in [6.45, 7) is 10.4. The number of aryl methyl sites for hydroxylation is 5. The van der Waals surface area contributed by atoms with Gasteiger partial charge in [-0.1, -0.05) is 272 Å². The van der Waals surface area contributed by atoms with Crippen LogP contribution in [0.3, 0.4) is 0 Å². The Morgan fingerprint density at radius 2 is 0.476 bits per heavy atom. The third kappa shape index (κ3) is 29.1. The summed E-state index contributed by atoms with van der Waals surface area (Å²) >= 11 is 5.81. The predicted octanol–water partition coefficient (Wildman–Crippen LogP) is 37.5. The van der Waals surface area contributed by atoms with Gasteiger partial charge in [0.2, 0.25) is 0 Å². The number of alkyl halides is 6. The monoisotopic (exact) mass is 2110 g/mol. The Hall–Kier alpha value is -13.9. The van der Waals surface area contributed by atoms with Crippen LogP contribution in [0.1, 0.15) is 38.9 Å². The Morgan fingerprint density at radius 3 is 0.748 bits per heavy atom. The molecule has 0 bridgehead atoms. The molecule has 20 aromatic rings. The van der Waals surface area contributed by atoms with Gasteiger partial charge in [0.1, 0.15) is 17.2 Å². The lowest BCUT2D eigenvalue weighted by Crippen LogP contribution is -2.06. The van der Waals surface area contributed by atoms with Crippen LogP contribution in [0.4, 0.5) is 32.0 Å². The van der Waals surface area contributed by atoms with Crippen molar-refractivity contribution in [2.45, 2.75) is 160 Å². The summed E-state index contributed by atoms with van der Waals surface area (Å²) in [4.78, 5) is 36.9.